The zero-order valence-corrected chi connectivity index (χ0v) is 27.0. The Hall–Kier alpha value is -3.38. The second-order valence-corrected chi connectivity index (χ2v) is 13.2. The van der Waals surface area contributed by atoms with E-state index >= 15 is 0 Å². The first-order valence-corrected chi connectivity index (χ1v) is 15.0. The molecule has 0 spiro atoms. The first-order valence-electron chi connectivity index (χ1n) is 15.0. The summed E-state index contributed by atoms with van der Waals surface area (Å²) in [5.41, 5.74) is 20.3. The van der Waals surface area contributed by atoms with E-state index in [2.05, 4.69) is 96.9 Å². The van der Waals surface area contributed by atoms with Crippen molar-refractivity contribution in [2.45, 2.75) is 96.9 Å². The second-order valence-electron chi connectivity index (χ2n) is 13.2. The monoisotopic (exact) mass is 522 g/mol. The van der Waals surface area contributed by atoms with Crippen LogP contribution in [0.4, 0.5) is 0 Å². The van der Waals surface area contributed by atoms with Crippen molar-refractivity contribution in [2.75, 3.05) is 0 Å². The molecule has 0 amide bonds. The molecule has 7 aromatic carbocycles. The lowest BCUT2D eigenvalue weighted by Crippen LogP contribution is -1.96. The standard InChI is InChI=1S/C40H42/c1-15-19(5)29-20(6)16(2)24(10)32-36-28(14)38-34-26(12)18(4)22(8)30-21(7)17(3)25(11)33(40(30)34)37(38)27(13)35(36)31(23(15)9)39(29)32/h1-14H3. The largest absolute Gasteiger partial charge is 0.0440 e. The fourth-order valence-corrected chi connectivity index (χ4v) is 8.94. The van der Waals surface area contributed by atoms with Gasteiger partial charge in [0.1, 0.15) is 0 Å². The van der Waals surface area contributed by atoms with E-state index in [9.17, 15) is 0 Å². The lowest BCUT2D eigenvalue weighted by molar-refractivity contribution is 1.28. The van der Waals surface area contributed by atoms with Crippen molar-refractivity contribution >= 4 is 64.6 Å². The summed E-state index contributed by atoms with van der Waals surface area (Å²) in [6.07, 6.45) is 0. The molecule has 0 aromatic heterocycles. The maximum Gasteiger partial charge on any atom is -0.00151 e. The van der Waals surface area contributed by atoms with Crippen LogP contribution in [0.2, 0.25) is 0 Å². The van der Waals surface area contributed by atoms with Gasteiger partial charge in [-0.15, -0.1) is 0 Å². The molecule has 202 valence electrons. The number of hydrogen-bond acceptors (Lipinski definition) is 0. The van der Waals surface area contributed by atoms with Gasteiger partial charge in [-0.3, -0.25) is 0 Å². The summed E-state index contributed by atoms with van der Waals surface area (Å²) in [7, 11) is 0. The molecular weight excluding hydrogens is 480 g/mol. The topological polar surface area (TPSA) is 0 Å². The van der Waals surface area contributed by atoms with Crippen LogP contribution in [0, 0.1) is 96.9 Å². The van der Waals surface area contributed by atoms with Crippen molar-refractivity contribution in [2.24, 2.45) is 0 Å². The molecule has 0 aliphatic rings. The van der Waals surface area contributed by atoms with Crippen LogP contribution in [0.1, 0.15) is 77.9 Å². The minimum atomic E-state index is 1.44. The molecule has 0 saturated heterocycles. The molecule has 0 bridgehead atoms. The molecule has 0 heteroatoms. The summed E-state index contributed by atoms with van der Waals surface area (Å²) >= 11 is 0. The van der Waals surface area contributed by atoms with Gasteiger partial charge >= 0.3 is 0 Å². The fourth-order valence-electron chi connectivity index (χ4n) is 8.94. The van der Waals surface area contributed by atoms with Gasteiger partial charge in [0.05, 0.1) is 0 Å². The van der Waals surface area contributed by atoms with Crippen molar-refractivity contribution in [3.05, 3.63) is 77.9 Å². The molecule has 0 nitrogen and oxygen atoms in total. The van der Waals surface area contributed by atoms with Gasteiger partial charge in [-0.25, -0.2) is 0 Å². The van der Waals surface area contributed by atoms with Crippen LogP contribution in [-0.2, 0) is 0 Å². The summed E-state index contributed by atoms with van der Waals surface area (Å²) in [4.78, 5) is 0. The summed E-state index contributed by atoms with van der Waals surface area (Å²) in [5.74, 6) is 0. The highest BCUT2D eigenvalue weighted by molar-refractivity contribution is 6.42. The highest BCUT2D eigenvalue weighted by Crippen LogP contribution is 2.54. The van der Waals surface area contributed by atoms with E-state index in [0.717, 1.165) is 0 Å². The molecule has 0 atom stereocenters. The number of fused-ring (bicyclic) bond motifs is 6. The highest BCUT2D eigenvalue weighted by atomic mass is 14.3. The third kappa shape index (κ3) is 2.52. The maximum absolute atomic E-state index is 2.43. The van der Waals surface area contributed by atoms with Crippen molar-refractivity contribution in [1.29, 1.82) is 0 Å². The smallest absolute Gasteiger partial charge is 0.00151 e. The number of hydrogen-bond donors (Lipinski definition) is 0. The Labute approximate surface area is 239 Å². The van der Waals surface area contributed by atoms with Crippen LogP contribution in [0.3, 0.4) is 0 Å². The Morgan fingerprint density at radius 3 is 0.475 bits per heavy atom. The van der Waals surface area contributed by atoms with Gasteiger partial charge in [0.15, 0.2) is 0 Å². The first kappa shape index (κ1) is 25.6. The molecule has 0 N–H and O–H groups in total. The van der Waals surface area contributed by atoms with Crippen molar-refractivity contribution in [3.8, 4) is 0 Å². The van der Waals surface area contributed by atoms with E-state index in [4.69, 9.17) is 0 Å². The number of rotatable bonds is 0. The van der Waals surface area contributed by atoms with E-state index in [0.29, 0.717) is 0 Å². The zero-order valence-electron chi connectivity index (χ0n) is 27.0. The van der Waals surface area contributed by atoms with Crippen LogP contribution >= 0.6 is 0 Å². The summed E-state index contributed by atoms with van der Waals surface area (Å²) in [5, 5.41) is 17.9. The lowest BCUT2D eigenvalue weighted by Gasteiger charge is -2.18. The number of benzene rings is 5. The van der Waals surface area contributed by atoms with Gasteiger partial charge in [0.2, 0.25) is 0 Å². The van der Waals surface area contributed by atoms with E-state index in [1.54, 1.807) is 0 Å². The van der Waals surface area contributed by atoms with Gasteiger partial charge in [0.25, 0.3) is 0 Å². The molecule has 0 aliphatic heterocycles. The molecule has 7 aromatic rings. The van der Waals surface area contributed by atoms with Gasteiger partial charge in [-0.05, 0) is 239 Å². The molecule has 0 radical (unpaired) electrons. The molecule has 0 saturated carbocycles. The predicted molar refractivity (Wildman–Crippen MR) is 180 cm³/mol. The summed E-state index contributed by atoms with van der Waals surface area (Å²) in [6, 6.07) is 0. The fraction of sp³-hybridized carbons (Fsp3) is 0.350. The minimum absolute atomic E-state index is 1.44. The van der Waals surface area contributed by atoms with Crippen LogP contribution in [0.25, 0.3) is 64.6 Å². The maximum atomic E-state index is 2.43. The normalized spacial score (nSPS) is 12.8. The third-order valence-electron chi connectivity index (χ3n) is 12.0. The minimum Gasteiger partial charge on any atom is -0.0440 e. The Kier molecular flexibility index (Phi) is 4.90. The van der Waals surface area contributed by atoms with E-state index < -0.39 is 0 Å². The Morgan fingerprint density at radius 2 is 0.275 bits per heavy atom. The Bertz CT molecular complexity index is 2000. The van der Waals surface area contributed by atoms with E-state index in [-0.39, 0.29) is 0 Å². The SMILES string of the molecule is Cc1c(C)c2c(C)c(C)c(C)c3c4c(C)c5c(c(C)c4c(c1C)c23)c1c(C)c(C)c(C)c2c(C)c(C)c(C)c5c21. The molecule has 0 heterocycles. The molecule has 0 fully saturated rings. The molecule has 7 rings (SSSR count). The van der Waals surface area contributed by atoms with E-state index in [1.807, 2.05) is 0 Å². The highest BCUT2D eigenvalue weighted by Gasteiger charge is 2.29. The van der Waals surface area contributed by atoms with Gasteiger partial charge in [-0.1, -0.05) is 0 Å². The predicted octanol–water partition coefficient (Wildman–Crippen LogP) is 11.8. The lowest BCUT2D eigenvalue weighted by atomic mass is 9.86. The van der Waals surface area contributed by atoms with Crippen LogP contribution < -0.4 is 0 Å². The molecule has 0 aliphatic carbocycles. The average Bonchev–Trinajstić information content (AvgIpc) is 3.46. The average molecular weight is 523 g/mol. The van der Waals surface area contributed by atoms with Crippen LogP contribution in [0.15, 0.2) is 0 Å². The molecular formula is C40H42. The van der Waals surface area contributed by atoms with Crippen LogP contribution in [0.5, 0.6) is 0 Å². The van der Waals surface area contributed by atoms with Crippen molar-refractivity contribution in [3.63, 3.8) is 0 Å². The second kappa shape index (κ2) is 7.67. The van der Waals surface area contributed by atoms with Crippen molar-refractivity contribution < 1.29 is 0 Å². The van der Waals surface area contributed by atoms with Crippen LogP contribution in [-0.4, -0.2) is 0 Å². The Morgan fingerprint density at radius 1 is 0.125 bits per heavy atom. The van der Waals surface area contributed by atoms with Gasteiger partial charge in [0, 0.05) is 0 Å². The van der Waals surface area contributed by atoms with E-state index in [1.165, 1.54) is 143 Å². The third-order valence-corrected chi connectivity index (χ3v) is 12.0. The quantitative estimate of drug-likeness (QED) is 0.186. The van der Waals surface area contributed by atoms with Crippen molar-refractivity contribution in [1.82, 2.24) is 0 Å². The first-order chi connectivity index (χ1) is 18.7. The molecule has 40 heavy (non-hydrogen) atoms. The number of aryl methyl sites for hydroxylation is 10. The Balaban J connectivity index is 1.98. The summed E-state index contributed by atoms with van der Waals surface area (Å²) < 4.78 is 0. The van der Waals surface area contributed by atoms with Gasteiger partial charge in [-0.2, -0.15) is 0 Å². The molecule has 0 unspecified atom stereocenters. The van der Waals surface area contributed by atoms with Gasteiger partial charge < -0.3 is 0 Å². The summed E-state index contributed by atoms with van der Waals surface area (Å²) in [6.45, 7) is 33.1. The zero-order chi connectivity index (χ0) is 29.0.